The standard InChI is InChI=1S/C11H19F3N2O2/c1-2-18-10(17)9(15)7-16-5-3-4-8(6-16)11(12,13)14/h8-9H,2-7,15H2,1H3. The molecule has 4 nitrogen and oxygen atoms in total. The zero-order chi connectivity index (χ0) is 13.8. The van der Waals surface area contributed by atoms with Crippen LogP contribution in [0.2, 0.25) is 0 Å². The maximum absolute atomic E-state index is 12.6. The molecule has 2 atom stereocenters. The number of nitrogens with two attached hydrogens (primary N) is 1. The Balaban J connectivity index is 2.45. The van der Waals surface area contributed by atoms with Gasteiger partial charge in [-0.1, -0.05) is 0 Å². The molecule has 7 heteroatoms. The Morgan fingerprint density at radius 1 is 1.56 bits per heavy atom. The summed E-state index contributed by atoms with van der Waals surface area (Å²) in [5, 5.41) is 0. The molecule has 0 spiro atoms. The minimum Gasteiger partial charge on any atom is -0.465 e. The number of likely N-dealkylation sites (tertiary alicyclic amines) is 1. The lowest BCUT2D eigenvalue weighted by molar-refractivity contribution is -0.186. The van der Waals surface area contributed by atoms with E-state index in [-0.39, 0.29) is 26.1 Å². The van der Waals surface area contributed by atoms with E-state index in [2.05, 4.69) is 0 Å². The second-order valence-corrected chi connectivity index (χ2v) is 4.50. The molecule has 1 rings (SSSR count). The van der Waals surface area contributed by atoms with Crippen LogP contribution in [0.5, 0.6) is 0 Å². The smallest absolute Gasteiger partial charge is 0.393 e. The first kappa shape index (κ1) is 15.2. The van der Waals surface area contributed by atoms with Gasteiger partial charge in [0.1, 0.15) is 6.04 Å². The summed E-state index contributed by atoms with van der Waals surface area (Å²) in [4.78, 5) is 12.9. The van der Waals surface area contributed by atoms with E-state index in [0.29, 0.717) is 13.0 Å². The van der Waals surface area contributed by atoms with Crippen molar-refractivity contribution in [3.63, 3.8) is 0 Å². The molecule has 1 aliphatic rings. The third kappa shape index (κ3) is 4.45. The van der Waals surface area contributed by atoms with Gasteiger partial charge in [-0.05, 0) is 26.3 Å². The monoisotopic (exact) mass is 268 g/mol. The van der Waals surface area contributed by atoms with Gasteiger partial charge in [0.25, 0.3) is 0 Å². The second-order valence-electron chi connectivity index (χ2n) is 4.50. The second kappa shape index (κ2) is 6.38. The molecular formula is C11H19F3N2O2. The van der Waals surface area contributed by atoms with Crippen LogP contribution in [0, 0.1) is 5.92 Å². The Morgan fingerprint density at radius 3 is 2.78 bits per heavy atom. The van der Waals surface area contributed by atoms with E-state index in [9.17, 15) is 18.0 Å². The molecule has 2 N–H and O–H groups in total. The number of nitrogens with zero attached hydrogens (tertiary/aromatic N) is 1. The summed E-state index contributed by atoms with van der Waals surface area (Å²) in [5.74, 6) is -1.88. The van der Waals surface area contributed by atoms with Crippen LogP contribution in [0.3, 0.4) is 0 Å². The molecule has 1 saturated heterocycles. The predicted octanol–water partition coefficient (Wildman–Crippen LogP) is 1.15. The molecule has 1 fully saturated rings. The van der Waals surface area contributed by atoms with Crippen molar-refractivity contribution in [2.24, 2.45) is 11.7 Å². The summed E-state index contributed by atoms with van der Waals surface area (Å²) in [5.41, 5.74) is 5.59. The van der Waals surface area contributed by atoms with Crippen LogP contribution >= 0.6 is 0 Å². The Morgan fingerprint density at radius 2 is 2.22 bits per heavy atom. The number of ether oxygens (including phenoxy) is 1. The lowest BCUT2D eigenvalue weighted by Gasteiger charge is -2.34. The maximum atomic E-state index is 12.6. The van der Waals surface area contributed by atoms with Crippen molar-refractivity contribution in [2.75, 3.05) is 26.2 Å². The summed E-state index contributed by atoms with van der Waals surface area (Å²) in [6.07, 6.45) is -3.55. The first-order chi connectivity index (χ1) is 8.34. The fraction of sp³-hybridized carbons (Fsp3) is 0.909. The Labute approximate surface area is 104 Å². The highest BCUT2D eigenvalue weighted by molar-refractivity contribution is 5.75. The van der Waals surface area contributed by atoms with E-state index in [0.717, 1.165) is 0 Å². The van der Waals surface area contributed by atoms with Gasteiger partial charge in [0.15, 0.2) is 0 Å². The fourth-order valence-corrected chi connectivity index (χ4v) is 2.09. The molecule has 0 aromatic carbocycles. The largest absolute Gasteiger partial charge is 0.465 e. The summed E-state index contributed by atoms with van der Waals surface area (Å²) >= 11 is 0. The minimum absolute atomic E-state index is 0.0867. The molecular weight excluding hydrogens is 249 g/mol. The number of piperidine rings is 1. The Kier molecular flexibility index (Phi) is 5.40. The average Bonchev–Trinajstić information content (AvgIpc) is 2.28. The molecule has 0 aromatic rings. The predicted molar refractivity (Wildman–Crippen MR) is 59.8 cm³/mol. The molecule has 0 aliphatic carbocycles. The lowest BCUT2D eigenvalue weighted by atomic mass is 9.97. The minimum atomic E-state index is -4.17. The van der Waals surface area contributed by atoms with E-state index in [1.807, 2.05) is 0 Å². The van der Waals surface area contributed by atoms with Crippen LogP contribution < -0.4 is 5.73 Å². The highest BCUT2D eigenvalue weighted by atomic mass is 19.4. The summed E-state index contributed by atoms with van der Waals surface area (Å²) in [7, 11) is 0. The van der Waals surface area contributed by atoms with Gasteiger partial charge < -0.3 is 15.4 Å². The molecule has 106 valence electrons. The van der Waals surface area contributed by atoms with Crippen molar-refractivity contribution in [1.82, 2.24) is 4.90 Å². The zero-order valence-electron chi connectivity index (χ0n) is 10.4. The van der Waals surface area contributed by atoms with Crippen molar-refractivity contribution in [3.05, 3.63) is 0 Å². The van der Waals surface area contributed by atoms with Crippen molar-refractivity contribution >= 4 is 5.97 Å². The summed E-state index contributed by atoms with van der Waals surface area (Å²) in [6.45, 7) is 2.45. The fourth-order valence-electron chi connectivity index (χ4n) is 2.09. The Bertz CT molecular complexity index is 284. The number of hydrogen-bond acceptors (Lipinski definition) is 4. The third-order valence-corrected chi connectivity index (χ3v) is 3.01. The van der Waals surface area contributed by atoms with Gasteiger partial charge in [-0.15, -0.1) is 0 Å². The third-order valence-electron chi connectivity index (χ3n) is 3.01. The molecule has 0 amide bonds. The van der Waals surface area contributed by atoms with Gasteiger partial charge >= 0.3 is 12.1 Å². The van der Waals surface area contributed by atoms with Gasteiger partial charge in [-0.2, -0.15) is 13.2 Å². The number of halogens is 3. The van der Waals surface area contributed by atoms with Crippen LogP contribution in [0.4, 0.5) is 13.2 Å². The number of hydrogen-bond donors (Lipinski definition) is 1. The Hall–Kier alpha value is -0.820. The molecule has 1 heterocycles. The topological polar surface area (TPSA) is 55.6 Å². The number of carbonyl (C=O) groups excluding carboxylic acids is 1. The van der Waals surface area contributed by atoms with Crippen molar-refractivity contribution in [3.8, 4) is 0 Å². The van der Waals surface area contributed by atoms with Crippen LogP contribution in [-0.2, 0) is 9.53 Å². The number of carbonyl (C=O) groups is 1. The number of rotatable bonds is 4. The van der Waals surface area contributed by atoms with Gasteiger partial charge in [-0.3, -0.25) is 4.79 Å². The molecule has 0 bridgehead atoms. The van der Waals surface area contributed by atoms with Crippen molar-refractivity contribution in [2.45, 2.75) is 32.0 Å². The summed E-state index contributed by atoms with van der Waals surface area (Å²) < 4.78 is 42.5. The van der Waals surface area contributed by atoms with Gasteiger partial charge in [0.05, 0.1) is 12.5 Å². The quantitative estimate of drug-likeness (QED) is 0.777. The van der Waals surface area contributed by atoms with E-state index in [1.54, 1.807) is 11.8 Å². The van der Waals surface area contributed by atoms with Gasteiger partial charge in [0.2, 0.25) is 0 Å². The zero-order valence-corrected chi connectivity index (χ0v) is 10.4. The van der Waals surface area contributed by atoms with Crippen molar-refractivity contribution in [1.29, 1.82) is 0 Å². The molecule has 0 aromatic heterocycles. The van der Waals surface area contributed by atoms with Gasteiger partial charge in [0, 0.05) is 13.1 Å². The first-order valence-corrected chi connectivity index (χ1v) is 6.06. The molecule has 0 saturated carbocycles. The van der Waals surface area contributed by atoms with E-state index in [1.165, 1.54) is 0 Å². The van der Waals surface area contributed by atoms with E-state index >= 15 is 0 Å². The molecule has 1 aliphatic heterocycles. The van der Waals surface area contributed by atoms with Crippen LogP contribution in [0.15, 0.2) is 0 Å². The highest BCUT2D eigenvalue weighted by Gasteiger charge is 2.42. The molecule has 2 unspecified atom stereocenters. The number of alkyl halides is 3. The summed E-state index contributed by atoms with van der Waals surface area (Å²) in [6, 6.07) is -0.878. The first-order valence-electron chi connectivity index (χ1n) is 6.06. The molecule has 18 heavy (non-hydrogen) atoms. The highest BCUT2D eigenvalue weighted by Crippen LogP contribution is 2.32. The lowest BCUT2D eigenvalue weighted by Crippen LogP contribution is -2.49. The van der Waals surface area contributed by atoms with E-state index in [4.69, 9.17) is 10.5 Å². The average molecular weight is 268 g/mol. The maximum Gasteiger partial charge on any atom is 0.393 e. The van der Waals surface area contributed by atoms with E-state index < -0.39 is 24.1 Å². The SMILES string of the molecule is CCOC(=O)C(N)CN1CCCC(C(F)(F)F)C1. The van der Waals surface area contributed by atoms with Crippen molar-refractivity contribution < 1.29 is 22.7 Å². The van der Waals surface area contributed by atoms with Crippen LogP contribution in [-0.4, -0.2) is 49.3 Å². The van der Waals surface area contributed by atoms with Gasteiger partial charge in [-0.25, -0.2) is 0 Å². The number of esters is 1. The van der Waals surface area contributed by atoms with Crippen LogP contribution in [0.25, 0.3) is 0 Å². The normalized spacial score (nSPS) is 23.7. The van der Waals surface area contributed by atoms with Crippen LogP contribution in [0.1, 0.15) is 19.8 Å². The molecule has 0 radical (unpaired) electrons.